The molecule has 4 aliphatic rings. The minimum Gasteiger partial charge on any atom is -0.508 e. The predicted molar refractivity (Wildman–Crippen MR) is 180 cm³/mol. The Balaban J connectivity index is 1.21. The van der Waals surface area contributed by atoms with E-state index in [1.54, 1.807) is 23.1 Å². The number of anilines is 1. The van der Waals surface area contributed by atoms with E-state index in [2.05, 4.69) is 14.8 Å². The van der Waals surface area contributed by atoms with Crippen molar-refractivity contribution >= 4 is 33.6 Å². The quantitative estimate of drug-likeness (QED) is 0.250. The van der Waals surface area contributed by atoms with Crippen LogP contribution in [0.4, 0.5) is 19.4 Å². The van der Waals surface area contributed by atoms with Gasteiger partial charge in [-0.25, -0.2) is 13.6 Å². The van der Waals surface area contributed by atoms with Crippen LogP contribution < -0.4 is 9.64 Å². The number of fused-ring (bicyclic) bond motifs is 5. The summed E-state index contributed by atoms with van der Waals surface area (Å²) in [6.07, 6.45) is 2.64. The van der Waals surface area contributed by atoms with E-state index >= 15 is 4.39 Å². The largest absolute Gasteiger partial charge is 0.508 e. The molecule has 4 aliphatic heterocycles. The molecular weight excluding hydrogens is 616 g/mol. The zero-order valence-corrected chi connectivity index (χ0v) is 27.6. The monoisotopic (exact) mass is 657 g/mol. The lowest BCUT2D eigenvalue weighted by atomic mass is 9.95. The fraction of sp³-hybridized carbons (Fsp3) is 0.486. The summed E-state index contributed by atoms with van der Waals surface area (Å²) in [4.78, 5) is 28.8. The number of halogens is 2. The van der Waals surface area contributed by atoms with Crippen molar-refractivity contribution in [3.05, 3.63) is 54.3 Å². The molecule has 4 fully saturated rings. The summed E-state index contributed by atoms with van der Waals surface area (Å²) in [5.41, 5.74) is -0.0475. The Kier molecular flexibility index (Phi) is 7.39. The lowest BCUT2D eigenvalue weighted by Crippen LogP contribution is -2.56. The highest BCUT2D eigenvalue weighted by atomic mass is 19.1. The van der Waals surface area contributed by atoms with Gasteiger partial charge in [-0.3, -0.25) is 4.90 Å². The van der Waals surface area contributed by atoms with Crippen LogP contribution in [0, 0.1) is 5.82 Å². The number of phenols is 1. The fourth-order valence-corrected chi connectivity index (χ4v) is 8.48. The molecule has 252 valence electrons. The number of aromatic hydroxyl groups is 1. The highest BCUT2D eigenvalue weighted by Gasteiger charge is 2.50. The number of piperazine rings is 1. The first-order valence-corrected chi connectivity index (χ1v) is 17.0. The van der Waals surface area contributed by atoms with Crippen LogP contribution in [0.3, 0.4) is 0 Å². The standard InChI is InChI=1S/C37H41F2N5O4/c1-36(2,3)48-35(46)42-19-24-9-10-25(20-42)44(24)33-29-12-11-28(30-16-26(45)15-22-7-4-5-8-27(22)30)31(39)32(29)40-34(41-33)47-21-37-13-6-14-43(37)18-23(38)17-37/h4-5,7-8,11-12,15-16,23-25,45H,6,9-10,13-14,17-21H2,1-3H3/t23-,24?,25?,37?/m1/s1. The molecule has 11 heteroatoms. The summed E-state index contributed by atoms with van der Waals surface area (Å²) in [6.45, 7) is 7.93. The molecule has 2 bridgehead atoms. The number of benzene rings is 3. The third-order valence-electron chi connectivity index (χ3n) is 10.5. The van der Waals surface area contributed by atoms with Gasteiger partial charge in [-0.2, -0.15) is 9.97 Å². The number of carbonyl (C=O) groups is 1. The average molecular weight is 658 g/mol. The Labute approximate surface area is 278 Å². The minimum atomic E-state index is -0.906. The van der Waals surface area contributed by atoms with Crippen molar-refractivity contribution in [2.75, 3.05) is 37.7 Å². The first kappa shape index (κ1) is 31.0. The van der Waals surface area contributed by atoms with E-state index in [1.165, 1.54) is 0 Å². The van der Waals surface area contributed by atoms with Gasteiger partial charge in [0.15, 0.2) is 5.82 Å². The summed E-state index contributed by atoms with van der Waals surface area (Å²) >= 11 is 0. The van der Waals surface area contributed by atoms with Crippen molar-refractivity contribution in [1.82, 2.24) is 19.8 Å². The van der Waals surface area contributed by atoms with Crippen molar-refractivity contribution in [2.45, 2.75) is 82.3 Å². The van der Waals surface area contributed by atoms with Gasteiger partial charge in [-0.1, -0.05) is 30.3 Å². The van der Waals surface area contributed by atoms with Gasteiger partial charge in [-0.15, -0.1) is 0 Å². The second-order valence-electron chi connectivity index (χ2n) is 14.9. The Bertz CT molecular complexity index is 1900. The molecule has 0 spiro atoms. The third kappa shape index (κ3) is 5.36. The second kappa shape index (κ2) is 11.4. The number of aromatic nitrogens is 2. The highest BCUT2D eigenvalue weighted by Crippen LogP contribution is 2.43. The predicted octanol–water partition coefficient (Wildman–Crippen LogP) is 6.84. The van der Waals surface area contributed by atoms with Gasteiger partial charge in [0, 0.05) is 49.1 Å². The van der Waals surface area contributed by atoms with Gasteiger partial charge in [0.05, 0.1) is 5.54 Å². The van der Waals surface area contributed by atoms with Crippen LogP contribution in [0.5, 0.6) is 11.8 Å². The first-order chi connectivity index (χ1) is 23.0. The molecule has 1 amide bonds. The summed E-state index contributed by atoms with van der Waals surface area (Å²) in [5.74, 6) is 0.0630. The van der Waals surface area contributed by atoms with Crippen molar-refractivity contribution in [1.29, 1.82) is 0 Å². The highest BCUT2D eigenvalue weighted by molar-refractivity contribution is 6.01. The molecule has 1 N–H and O–H groups in total. The summed E-state index contributed by atoms with van der Waals surface area (Å²) in [7, 11) is 0. The molecular formula is C37H41F2N5O4. The zero-order chi connectivity index (χ0) is 33.4. The molecule has 0 aliphatic carbocycles. The van der Waals surface area contributed by atoms with E-state index in [1.807, 2.05) is 51.1 Å². The van der Waals surface area contributed by atoms with Crippen molar-refractivity contribution in [2.24, 2.45) is 0 Å². The number of rotatable bonds is 5. The first-order valence-electron chi connectivity index (χ1n) is 17.0. The van der Waals surface area contributed by atoms with Gasteiger partial charge < -0.3 is 24.4 Å². The SMILES string of the molecule is CC(C)(C)OC(=O)N1CC2CCC(C1)N2c1nc(OCC23CCCN2C[C@H](F)C3)nc2c(F)c(-c3cc(O)cc4ccccc34)ccc12. The maximum absolute atomic E-state index is 16.9. The molecule has 9 nitrogen and oxygen atoms in total. The molecule has 48 heavy (non-hydrogen) atoms. The molecule has 4 atom stereocenters. The Morgan fingerprint density at radius 3 is 2.56 bits per heavy atom. The lowest BCUT2D eigenvalue weighted by molar-refractivity contribution is 0.0209. The molecule has 0 saturated carbocycles. The lowest BCUT2D eigenvalue weighted by Gasteiger charge is -2.42. The minimum absolute atomic E-state index is 0.0399. The van der Waals surface area contributed by atoms with Crippen LogP contribution in [-0.2, 0) is 4.74 Å². The number of nitrogens with zero attached hydrogens (tertiary/aromatic N) is 5. The second-order valence-corrected chi connectivity index (χ2v) is 14.9. The number of hydrogen-bond donors (Lipinski definition) is 1. The van der Waals surface area contributed by atoms with Crippen LogP contribution in [0.15, 0.2) is 48.5 Å². The molecule has 0 radical (unpaired) electrons. The van der Waals surface area contributed by atoms with Crippen molar-refractivity contribution in [3.63, 3.8) is 0 Å². The summed E-state index contributed by atoms with van der Waals surface area (Å²) < 4.78 is 43.5. The van der Waals surface area contributed by atoms with Gasteiger partial charge in [0.25, 0.3) is 0 Å². The smallest absolute Gasteiger partial charge is 0.410 e. The molecule has 1 aromatic heterocycles. The number of amides is 1. The normalized spacial score (nSPS) is 25.6. The van der Waals surface area contributed by atoms with E-state index in [9.17, 15) is 14.3 Å². The van der Waals surface area contributed by atoms with E-state index in [4.69, 9.17) is 14.5 Å². The molecule has 8 rings (SSSR count). The van der Waals surface area contributed by atoms with Gasteiger partial charge in [-0.05, 0) is 87.5 Å². The number of alkyl halides is 1. The fourth-order valence-electron chi connectivity index (χ4n) is 8.48. The van der Waals surface area contributed by atoms with E-state index in [0.29, 0.717) is 48.4 Å². The molecule has 5 heterocycles. The number of hydrogen-bond acceptors (Lipinski definition) is 8. The van der Waals surface area contributed by atoms with Crippen molar-refractivity contribution in [3.8, 4) is 22.9 Å². The van der Waals surface area contributed by atoms with E-state index in [-0.39, 0.29) is 42.1 Å². The van der Waals surface area contributed by atoms with E-state index in [0.717, 1.165) is 43.0 Å². The van der Waals surface area contributed by atoms with Crippen molar-refractivity contribution < 1.29 is 28.2 Å². The number of phenolic OH excluding ortho intramolecular Hbond substituents is 1. The molecule has 3 aromatic carbocycles. The molecule has 4 aromatic rings. The summed E-state index contributed by atoms with van der Waals surface area (Å²) in [5, 5.41) is 12.7. The number of carbonyl (C=O) groups excluding carboxylic acids is 1. The van der Waals surface area contributed by atoms with Crippen LogP contribution in [-0.4, -0.2) is 93.1 Å². The number of likely N-dealkylation sites (tertiary alicyclic amines) is 1. The van der Waals surface area contributed by atoms with E-state index < -0.39 is 23.1 Å². The molecule has 4 saturated heterocycles. The Morgan fingerprint density at radius 2 is 1.79 bits per heavy atom. The average Bonchev–Trinajstić information content (AvgIpc) is 3.65. The van der Waals surface area contributed by atoms with Crippen LogP contribution in [0.2, 0.25) is 0 Å². The maximum Gasteiger partial charge on any atom is 0.410 e. The van der Waals surface area contributed by atoms with Crippen LogP contribution >= 0.6 is 0 Å². The summed E-state index contributed by atoms with van der Waals surface area (Å²) in [6, 6.07) is 14.3. The maximum atomic E-state index is 16.9. The van der Waals surface area contributed by atoms with Gasteiger partial charge >= 0.3 is 12.1 Å². The topological polar surface area (TPSA) is 91.3 Å². The Morgan fingerprint density at radius 1 is 1.02 bits per heavy atom. The zero-order valence-electron chi connectivity index (χ0n) is 27.6. The van der Waals surface area contributed by atoms with Gasteiger partial charge in [0.2, 0.25) is 0 Å². The van der Waals surface area contributed by atoms with Gasteiger partial charge in [0.1, 0.15) is 35.5 Å². The number of ether oxygens (including phenoxy) is 2. The Hall–Kier alpha value is -4.25. The molecule has 3 unspecified atom stereocenters. The third-order valence-corrected chi connectivity index (χ3v) is 10.5. The van der Waals surface area contributed by atoms with Crippen LogP contribution in [0.25, 0.3) is 32.8 Å². The van der Waals surface area contributed by atoms with Crippen LogP contribution in [0.1, 0.15) is 52.9 Å².